The van der Waals surface area contributed by atoms with E-state index in [0.29, 0.717) is 17.9 Å². The molecule has 4 nitrogen and oxygen atoms in total. The molecule has 0 radical (unpaired) electrons. The van der Waals surface area contributed by atoms with E-state index in [0.717, 1.165) is 38.6 Å². The molecule has 22 heavy (non-hydrogen) atoms. The number of hydrogen-bond acceptors (Lipinski definition) is 2. The highest BCUT2D eigenvalue weighted by molar-refractivity contribution is 5.78. The lowest BCUT2D eigenvalue weighted by atomic mass is 10.2. The molecule has 0 aromatic heterocycles. The van der Waals surface area contributed by atoms with E-state index in [9.17, 15) is 9.59 Å². The van der Waals surface area contributed by atoms with Crippen LogP contribution in [-0.4, -0.2) is 48.3 Å². The summed E-state index contributed by atoms with van der Waals surface area (Å²) in [5.41, 5.74) is 0. The van der Waals surface area contributed by atoms with Crippen molar-refractivity contribution in [3.05, 3.63) is 0 Å². The lowest BCUT2D eigenvalue weighted by molar-refractivity contribution is -0.128. The Morgan fingerprint density at radius 2 is 1.41 bits per heavy atom. The van der Waals surface area contributed by atoms with Crippen molar-refractivity contribution in [3.63, 3.8) is 0 Å². The predicted octanol–water partition coefficient (Wildman–Crippen LogP) is 4.33. The first-order valence-electron chi connectivity index (χ1n) is 9.06. The van der Waals surface area contributed by atoms with E-state index in [-0.39, 0.29) is 0 Å². The van der Waals surface area contributed by atoms with Crippen molar-refractivity contribution in [2.75, 3.05) is 20.6 Å². The lowest BCUT2D eigenvalue weighted by Crippen LogP contribution is -2.27. The zero-order valence-electron chi connectivity index (χ0n) is 16.5. The van der Waals surface area contributed by atoms with Gasteiger partial charge < -0.3 is 9.80 Å². The molecule has 0 spiro atoms. The number of likely N-dealkylation sites (tertiary alicyclic amines) is 2. The molecule has 2 heterocycles. The Morgan fingerprint density at radius 3 is 1.55 bits per heavy atom. The fraction of sp³-hybridized carbons (Fsp3) is 0.889. The summed E-state index contributed by atoms with van der Waals surface area (Å²) in [4.78, 5) is 25.0. The Labute approximate surface area is 139 Å². The number of carbonyl (C=O) groups excluding carboxylic acids is 2. The van der Waals surface area contributed by atoms with Gasteiger partial charge in [-0.1, -0.05) is 48.5 Å². The van der Waals surface area contributed by atoms with Gasteiger partial charge in [0.25, 0.3) is 0 Å². The SMILES string of the molecule is CC.CC.CC.CCC1CCC(=O)N1C.CN1CCCC1=O. The first-order valence-corrected chi connectivity index (χ1v) is 9.06. The molecule has 2 saturated heterocycles. The van der Waals surface area contributed by atoms with Crippen LogP contribution in [0.5, 0.6) is 0 Å². The molecule has 2 fully saturated rings. The van der Waals surface area contributed by atoms with Crippen molar-refractivity contribution in [3.8, 4) is 0 Å². The average molecular weight is 317 g/mol. The summed E-state index contributed by atoms with van der Waals surface area (Å²) in [6, 6.07) is 0.525. The fourth-order valence-electron chi connectivity index (χ4n) is 2.12. The van der Waals surface area contributed by atoms with Gasteiger partial charge in [-0.15, -0.1) is 0 Å². The molecule has 0 saturated carbocycles. The molecular weight excluding hydrogens is 276 g/mol. The highest BCUT2D eigenvalue weighted by atomic mass is 16.2. The summed E-state index contributed by atoms with van der Waals surface area (Å²) in [5.74, 6) is 0.599. The van der Waals surface area contributed by atoms with E-state index in [1.54, 1.807) is 4.90 Å². The molecule has 2 aliphatic rings. The Kier molecular flexibility index (Phi) is 21.2. The molecule has 0 aromatic rings. The summed E-state index contributed by atoms with van der Waals surface area (Å²) in [6.45, 7) is 15.1. The lowest BCUT2D eigenvalue weighted by Gasteiger charge is -2.16. The van der Waals surface area contributed by atoms with Crippen LogP contribution in [0.1, 0.15) is 80.6 Å². The van der Waals surface area contributed by atoms with Crippen LogP contribution in [-0.2, 0) is 9.59 Å². The zero-order chi connectivity index (χ0) is 18.1. The molecule has 134 valence electrons. The summed E-state index contributed by atoms with van der Waals surface area (Å²) in [7, 11) is 3.73. The summed E-state index contributed by atoms with van der Waals surface area (Å²) in [5, 5.41) is 0. The van der Waals surface area contributed by atoms with E-state index in [2.05, 4.69) is 6.92 Å². The third-order valence-electron chi connectivity index (χ3n) is 3.41. The van der Waals surface area contributed by atoms with Crippen molar-refractivity contribution in [1.29, 1.82) is 0 Å². The molecule has 0 aliphatic carbocycles. The third kappa shape index (κ3) is 10.6. The quantitative estimate of drug-likeness (QED) is 0.722. The van der Waals surface area contributed by atoms with Gasteiger partial charge in [-0.25, -0.2) is 0 Å². The van der Waals surface area contributed by atoms with Crippen LogP contribution in [0.3, 0.4) is 0 Å². The minimum atomic E-state index is 0.292. The molecule has 1 unspecified atom stereocenters. The molecule has 4 heteroatoms. The van der Waals surface area contributed by atoms with E-state index in [1.165, 1.54) is 0 Å². The Balaban J connectivity index is -0.000000249. The van der Waals surface area contributed by atoms with Gasteiger partial charge in [0, 0.05) is 39.5 Å². The van der Waals surface area contributed by atoms with Gasteiger partial charge >= 0.3 is 0 Å². The van der Waals surface area contributed by atoms with Crippen LogP contribution in [0, 0.1) is 0 Å². The number of amides is 2. The van der Waals surface area contributed by atoms with E-state index < -0.39 is 0 Å². The maximum absolute atomic E-state index is 10.9. The van der Waals surface area contributed by atoms with Gasteiger partial charge in [-0.2, -0.15) is 0 Å². The second-order valence-electron chi connectivity index (χ2n) is 4.52. The topological polar surface area (TPSA) is 40.6 Å². The summed E-state index contributed by atoms with van der Waals surface area (Å²) in [6.07, 6.45) is 4.73. The van der Waals surface area contributed by atoms with Gasteiger partial charge in [0.05, 0.1) is 0 Å². The number of carbonyl (C=O) groups is 2. The maximum atomic E-state index is 10.9. The van der Waals surface area contributed by atoms with Crippen molar-refractivity contribution in [1.82, 2.24) is 9.80 Å². The van der Waals surface area contributed by atoms with Gasteiger partial charge in [0.2, 0.25) is 11.8 Å². The minimum absolute atomic E-state index is 0.292. The van der Waals surface area contributed by atoms with Gasteiger partial charge in [0.1, 0.15) is 0 Å². The third-order valence-corrected chi connectivity index (χ3v) is 3.41. The van der Waals surface area contributed by atoms with E-state index in [4.69, 9.17) is 0 Å². The molecule has 2 amide bonds. The van der Waals surface area contributed by atoms with Crippen LogP contribution in [0.2, 0.25) is 0 Å². The molecule has 0 bridgehead atoms. The van der Waals surface area contributed by atoms with Crippen LogP contribution in [0.4, 0.5) is 0 Å². The summed E-state index contributed by atoms with van der Waals surface area (Å²) >= 11 is 0. The number of nitrogens with zero attached hydrogens (tertiary/aromatic N) is 2. The first-order chi connectivity index (χ1) is 10.6. The smallest absolute Gasteiger partial charge is 0.222 e. The summed E-state index contributed by atoms with van der Waals surface area (Å²) < 4.78 is 0. The van der Waals surface area contributed by atoms with Gasteiger partial charge in [-0.05, 0) is 19.3 Å². The normalized spacial score (nSPS) is 18.9. The predicted molar refractivity (Wildman–Crippen MR) is 97.0 cm³/mol. The minimum Gasteiger partial charge on any atom is -0.346 e. The second kappa shape index (κ2) is 18.0. The van der Waals surface area contributed by atoms with E-state index in [1.807, 2.05) is 60.5 Å². The molecule has 2 rings (SSSR count). The fourth-order valence-corrected chi connectivity index (χ4v) is 2.12. The van der Waals surface area contributed by atoms with Crippen LogP contribution in [0.15, 0.2) is 0 Å². The van der Waals surface area contributed by atoms with Crippen molar-refractivity contribution < 1.29 is 9.59 Å². The zero-order valence-corrected chi connectivity index (χ0v) is 16.5. The Morgan fingerprint density at radius 1 is 0.909 bits per heavy atom. The van der Waals surface area contributed by atoms with Gasteiger partial charge in [-0.3, -0.25) is 9.59 Å². The maximum Gasteiger partial charge on any atom is 0.222 e. The molecular formula is C18H40N2O2. The average Bonchev–Trinajstić information content (AvgIpc) is 3.12. The van der Waals surface area contributed by atoms with Crippen molar-refractivity contribution >= 4 is 11.8 Å². The second-order valence-corrected chi connectivity index (χ2v) is 4.52. The number of hydrogen-bond donors (Lipinski definition) is 0. The van der Waals surface area contributed by atoms with E-state index >= 15 is 0 Å². The largest absolute Gasteiger partial charge is 0.346 e. The first kappa shape index (κ1) is 25.9. The Hall–Kier alpha value is -1.06. The van der Waals surface area contributed by atoms with Crippen molar-refractivity contribution in [2.24, 2.45) is 0 Å². The highest BCUT2D eigenvalue weighted by Crippen LogP contribution is 2.18. The molecule has 0 aromatic carbocycles. The number of rotatable bonds is 1. The highest BCUT2D eigenvalue weighted by Gasteiger charge is 2.25. The standard InChI is InChI=1S/C7H13NO.C5H9NO.3C2H6/c1-3-6-4-5-7(9)8(6)2;1-6-4-2-3-5(6)7;3*1-2/h6H,3-5H2,1-2H3;2-4H2,1H3;3*1-2H3. The monoisotopic (exact) mass is 316 g/mol. The van der Waals surface area contributed by atoms with Crippen LogP contribution in [0.25, 0.3) is 0 Å². The molecule has 1 atom stereocenters. The van der Waals surface area contributed by atoms with Gasteiger partial charge in [0.15, 0.2) is 0 Å². The Bertz CT molecular complexity index is 268. The molecule has 2 aliphatic heterocycles. The van der Waals surface area contributed by atoms with Crippen LogP contribution < -0.4 is 0 Å². The molecule has 0 N–H and O–H groups in total. The van der Waals surface area contributed by atoms with Crippen LogP contribution >= 0.6 is 0 Å². The van der Waals surface area contributed by atoms with Crippen molar-refractivity contribution in [2.45, 2.75) is 86.6 Å².